The van der Waals surface area contributed by atoms with Crippen LogP contribution in [0.5, 0.6) is 0 Å². The van der Waals surface area contributed by atoms with Crippen molar-refractivity contribution in [3.05, 3.63) is 29.8 Å². The van der Waals surface area contributed by atoms with E-state index in [-0.39, 0.29) is 11.1 Å². The summed E-state index contributed by atoms with van der Waals surface area (Å²) >= 11 is 11.8. The molecule has 0 atom stereocenters. The van der Waals surface area contributed by atoms with E-state index in [1.807, 2.05) is 0 Å². The van der Waals surface area contributed by atoms with E-state index >= 15 is 0 Å². The average Bonchev–Trinajstić information content (AvgIpc) is 2.60. The maximum absolute atomic E-state index is 6.00. The summed E-state index contributed by atoms with van der Waals surface area (Å²) in [4.78, 5) is 2.21. The molecule has 0 heterocycles. The lowest BCUT2D eigenvalue weighted by molar-refractivity contribution is -0.0291. The van der Waals surface area contributed by atoms with Crippen LogP contribution in [-0.4, -0.2) is 49.1 Å². The SMILES string of the molecule is CC(C)(CCOC(C)(C)CCN)NCc1ccc(N(CCCl)CCCl)cc1. The molecular formula is C21H37Cl2N3O. The van der Waals surface area contributed by atoms with Crippen LogP contribution in [0.15, 0.2) is 24.3 Å². The van der Waals surface area contributed by atoms with Crippen LogP contribution in [0.1, 0.15) is 46.1 Å². The van der Waals surface area contributed by atoms with Crippen LogP contribution in [-0.2, 0) is 11.3 Å². The number of hydrogen-bond donors (Lipinski definition) is 2. The molecular weight excluding hydrogens is 381 g/mol. The predicted octanol–water partition coefficient (Wildman–Crippen LogP) is 4.37. The fourth-order valence-corrected chi connectivity index (χ4v) is 3.24. The Bertz CT molecular complexity index is 515. The molecule has 0 radical (unpaired) electrons. The summed E-state index contributed by atoms with van der Waals surface area (Å²) in [5.41, 5.74) is 7.90. The van der Waals surface area contributed by atoms with Crippen LogP contribution in [0.2, 0.25) is 0 Å². The molecule has 156 valence electrons. The highest BCUT2D eigenvalue weighted by molar-refractivity contribution is 6.18. The molecule has 0 aliphatic rings. The molecule has 0 spiro atoms. The van der Waals surface area contributed by atoms with Crippen LogP contribution in [0.3, 0.4) is 0 Å². The summed E-state index contributed by atoms with van der Waals surface area (Å²) in [7, 11) is 0. The van der Waals surface area contributed by atoms with Gasteiger partial charge in [-0.1, -0.05) is 12.1 Å². The van der Waals surface area contributed by atoms with E-state index in [4.69, 9.17) is 33.7 Å². The van der Waals surface area contributed by atoms with Crippen LogP contribution < -0.4 is 16.0 Å². The molecule has 0 aliphatic heterocycles. The van der Waals surface area contributed by atoms with Crippen molar-refractivity contribution in [1.29, 1.82) is 0 Å². The third-order valence-electron chi connectivity index (χ3n) is 4.75. The van der Waals surface area contributed by atoms with Crippen molar-refractivity contribution in [2.75, 3.05) is 42.9 Å². The molecule has 0 fully saturated rings. The van der Waals surface area contributed by atoms with Crippen LogP contribution in [0, 0.1) is 0 Å². The van der Waals surface area contributed by atoms with Crippen molar-refractivity contribution in [2.45, 2.75) is 58.2 Å². The molecule has 0 aromatic heterocycles. The molecule has 1 aromatic carbocycles. The zero-order valence-corrected chi connectivity index (χ0v) is 18.9. The van der Waals surface area contributed by atoms with Gasteiger partial charge in [0, 0.05) is 49.2 Å². The van der Waals surface area contributed by atoms with Gasteiger partial charge >= 0.3 is 0 Å². The van der Waals surface area contributed by atoms with Gasteiger partial charge in [-0.25, -0.2) is 0 Å². The van der Waals surface area contributed by atoms with Gasteiger partial charge in [-0.3, -0.25) is 0 Å². The molecule has 3 N–H and O–H groups in total. The van der Waals surface area contributed by atoms with Gasteiger partial charge in [-0.2, -0.15) is 0 Å². The van der Waals surface area contributed by atoms with E-state index in [9.17, 15) is 0 Å². The van der Waals surface area contributed by atoms with Crippen molar-refractivity contribution in [1.82, 2.24) is 5.32 Å². The fourth-order valence-electron chi connectivity index (χ4n) is 2.83. The first kappa shape index (κ1) is 24.5. The Balaban J connectivity index is 2.49. The maximum Gasteiger partial charge on any atom is 0.0638 e. The second-order valence-electron chi connectivity index (χ2n) is 8.17. The minimum Gasteiger partial charge on any atom is -0.375 e. The molecule has 1 aromatic rings. The lowest BCUT2D eigenvalue weighted by atomic mass is 10.00. The Morgan fingerprint density at radius 2 is 1.59 bits per heavy atom. The number of benzene rings is 1. The number of nitrogens with one attached hydrogen (secondary N) is 1. The monoisotopic (exact) mass is 417 g/mol. The highest BCUT2D eigenvalue weighted by Crippen LogP contribution is 2.19. The average molecular weight is 418 g/mol. The van der Waals surface area contributed by atoms with Gasteiger partial charge in [0.1, 0.15) is 0 Å². The van der Waals surface area contributed by atoms with Gasteiger partial charge < -0.3 is 20.7 Å². The van der Waals surface area contributed by atoms with E-state index in [0.717, 1.165) is 44.8 Å². The third-order valence-corrected chi connectivity index (χ3v) is 5.09. The predicted molar refractivity (Wildman–Crippen MR) is 119 cm³/mol. The van der Waals surface area contributed by atoms with Crippen molar-refractivity contribution in [3.8, 4) is 0 Å². The molecule has 0 aliphatic carbocycles. The van der Waals surface area contributed by atoms with Gasteiger partial charge in [-0.15, -0.1) is 23.2 Å². The summed E-state index contributed by atoms with van der Waals surface area (Å²) < 4.78 is 6.00. The largest absolute Gasteiger partial charge is 0.375 e. The van der Waals surface area contributed by atoms with E-state index in [2.05, 4.69) is 62.2 Å². The summed E-state index contributed by atoms with van der Waals surface area (Å²) in [6.45, 7) is 12.4. The third kappa shape index (κ3) is 10.00. The molecule has 0 saturated heterocycles. The van der Waals surface area contributed by atoms with Gasteiger partial charge in [0.2, 0.25) is 0 Å². The van der Waals surface area contributed by atoms with Crippen LogP contribution in [0.4, 0.5) is 5.69 Å². The number of hydrogen-bond acceptors (Lipinski definition) is 4. The van der Waals surface area contributed by atoms with Crippen molar-refractivity contribution in [3.63, 3.8) is 0 Å². The highest BCUT2D eigenvalue weighted by atomic mass is 35.5. The number of ether oxygens (including phenoxy) is 1. The molecule has 27 heavy (non-hydrogen) atoms. The number of alkyl halides is 2. The second kappa shape index (κ2) is 12.1. The highest BCUT2D eigenvalue weighted by Gasteiger charge is 2.21. The van der Waals surface area contributed by atoms with Crippen LogP contribution >= 0.6 is 23.2 Å². The van der Waals surface area contributed by atoms with E-state index in [1.54, 1.807) is 0 Å². The maximum atomic E-state index is 6.00. The molecule has 0 unspecified atom stereocenters. The first-order valence-corrected chi connectivity index (χ1v) is 10.8. The zero-order valence-electron chi connectivity index (χ0n) is 17.4. The van der Waals surface area contributed by atoms with Gasteiger partial charge in [0.05, 0.1) is 5.60 Å². The lowest BCUT2D eigenvalue weighted by Crippen LogP contribution is -2.40. The molecule has 4 nitrogen and oxygen atoms in total. The second-order valence-corrected chi connectivity index (χ2v) is 8.92. The molecule has 0 bridgehead atoms. The Labute approximate surface area is 175 Å². The Hall–Kier alpha value is -0.520. The topological polar surface area (TPSA) is 50.5 Å². The lowest BCUT2D eigenvalue weighted by Gasteiger charge is -2.30. The standard InChI is InChI=1S/C21H37Cl2N3O/c1-20(2,10-16-27-21(3,4)9-13-24)25-17-18-5-7-19(8-6-18)26(14-11-22)15-12-23/h5-8,25H,9-17,24H2,1-4H3. The minimum atomic E-state index is -0.154. The molecule has 6 heteroatoms. The Morgan fingerprint density at radius 3 is 2.11 bits per heavy atom. The number of halogens is 2. The van der Waals surface area contributed by atoms with Gasteiger partial charge in [0.15, 0.2) is 0 Å². The number of nitrogens with zero attached hydrogens (tertiary/aromatic N) is 1. The Kier molecular flexibility index (Phi) is 11.0. The molecule has 1 rings (SSSR count). The minimum absolute atomic E-state index is 0.000743. The molecule has 0 saturated carbocycles. The van der Waals surface area contributed by atoms with Crippen molar-refractivity contribution in [2.24, 2.45) is 5.73 Å². The summed E-state index contributed by atoms with van der Waals surface area (Å²) in [6.07, 6.45) is 1.82. The fraction of sp³-hybridized carbons (Fsp3) is 0.714. The van der Waals surface area contributed by atoms with Crippen LogP contribution in [0.25, 0.3) is 0 Å². The van der Waals surface area contributed by atoms with Gasteiger partial charge in [-0.05, 0) is 64.8 Å². The Morgan fingerprint density at radius 1 is 1.00 bits per heavy atom. The molecule has 0 amide bonds. The normalized spacial score (nSPS) is 12.4. The zero-order chi connectivity index (χ0) is 20.3. The number of nitrogens with two attached hydrogens (primary N) is 1. The van der Waals surface area contributed by atoms with Gasteiger partial charge in [0.25, 0.3) is 0 Å². The first-order chi connectivity index (χ1) is 12.7. The van der Waals surface area contributed by atoms with E-state index in [1.165, 1.54) is 5.56 Å². The number of rotatable bonds is 14. The quantitative estimate of drug-likeness (QED) is 0.441. The summed E-state index contributed by atoms with van der Waals surface area (Å²) in [6, 6.07) is 8.60. The smallest absolute Gasteiger partial charge is 0.0638 e. The van der Waals surface area contributed by atoms with Crippen molar-refractivity contribution < 1.29 is 4.74 Å². The van der Waals surface area contributed by atoms with E-state index in [0.29, 0.717) is 18.3 Å². The first-order valence-electron chi connectivity index (χ1n) is 9.78. The number of anilines is 1. The summed E-state index contributed by atoms with van der Waals surface area (Å²) in [5.74, 6) is 1.19. The van der Waals surface area contributed by atoms with E-state index < -0.39 is 0 Å². The van der Waals surface area contributed by atoms with Crippen molar-refractivity contribution >= 4 is 28.9 Å². The summed E-state index contributed by atoms with van der Waals surface area (Å²) in [5, 5.41) is 3.63.